The standard InChI is InChI=1S/C51H66N4O13/c1-27-13-11-14-28(2)50(63)53-41-36(25-52-55-21-12-20-54(22-23-55)26-34-15-17-35(64-9)18-16-34)45(60)38-39(46(41)61)44(59)32(6)48-40(38)49(62)51(8,68-48)66-24-19-37(65-10)29(3)47(67-33(7)56)31(5)43(58)30(4)42(27)57/h11,13-19,24-25,27,29-31,37,42-43,47,57-61H,12,20-23,26H2,1-10H3,(H,53,63)/b13-11+,24-19+,28-14-,52-25-/t27-,29+,30+,31+,37-,42-,43+,47+,51-/m0/s1. The number of methoxy groups -OCH3 is 2. The number of aliphatic hydroxyl groups is 2. The van der Waals surface area contributed by atoms with Gasteiger partial charge in [0.25, 0.3) is 11.7 Å². The number of carbonyl (C=O) groups is 3. The number of carbonyl (C=O) groups excluding carboxylic acids is 3. The maximum atomic E-state index is 14.6. The average molecular weight is 943 g/mol. The third-order valence-corrected chi connectivity index (χ3v) is 13.5. The maximum absolute atomic E-state index is 14.6. The summed E-state index contributed by atoms with van der Waals surface area (Å²) in [6.45, 7) is 15.8. The van der Waals surface area contributed by atoms with Crippen LogP contribution in [0.15, 0.2) is 65.5 Å². The van der Waals surface area contributed by atoms with Crippen molar-refractivity contribution in [2.75, 3.05) is 45.7 Å². The number of ether oxygens (including phenoxy) is 5. The van der Waals surface area contributed by atoms with Gasteiger partial charge >= 0.3 is 11.8 Å². The zero-order valence-electron chi connectivity index (χ0n) is 40.5. The molecule has 0 aliphatic carbocycles. The summed E-state index contributed by atoms with van der Waals surface area (Å²) in [4.78, 5) is 43.3. The first-order valence-corrected chi connectivity index (χ1v) is 22.9. The van der Waals surface area contributed by atoms with Crippen LogP contribution < -0.4 is 14.8 Å². The number of hydrazone groups is 1. The molecule has 4 heterocycles. The molecule has 1 fully saturated rings. The van der Waals surface area contributed by atoms with E-state index in [0.29, 0.717) is 26.2 Å². The number of hydrogen-bond donors (Lipinski definition) is 6. The monoisotopic (exact) mass is 942 g/mol. The Hall–Kier alpha value is -6.14. The van der Waals surface area contributed by atoms with Crippen molar-refractivity contribution in [3.05, 3.63) is 82.7 Å². The molecule has 3 aromatic carbocycles. The number of esters is 1. The summed E-state index contributed by atoms with van der Waals surface area (Å²) in [5.41, 5.74) is 0.723. The molecule has 6 N–H and O–H groups in total. The minimum atomic E-state index is -2.07. The van der Waals surface area contributed by atoms with E-state index in [4.69, 9.17) is 28.8 Å². The number of aliphatic hydroxyl groups excluding tert-OH is 2. The van der Waals surface area contributed by atoms with Crippen LogP contribution in [0, 0.1) is 30.6 Å². The first-order chi connectivity index (χ1) is 32.2. The van der Waals surface area contributed by atoms with Gasteiger partial charge in [-0.2, -0.15) is 5.10 Å². The van der Waals surface area contributed by atoms with Crippen molar-refractivity contribution in [3.8, 4) is 28.7 Å². The summed E-state index contributed by atoms with van der Waals surface area (Å²) in [5, 5.41) is 67.9. The van der Waals surface area contributed by atoms with Crippen molar-refractivity contribution >= 4 is 40.3 Å². The third kappa shape index (κ3) is 10.6. The molecule has 9 atom stereocenters. The van der Waals surface area contributed by atoms with Crippen LogP contribution in [0.4, 0.5) is 5.69 Å². The van der Waals surface area contributed by atoms with E-state index in [2.05, 4.69) is 10.2 Å². The zero-order valence-corrected chi connectivity index (χ0v) is 40.5. The molecule has 0 unspecified atom stereocenters. The summed E-state index contributed by atoms with van der Waals surface area (Å²) in [6, 6.07) is 7.89. The minimum absolute atomic E-state index is 0.0479. The molecule has 1 saturated heterocycles. The molecule has 0 aromatic heterocycles. The Morgan fingerprint density at radius 1 is 0.912 bits per heavy atom. The lowest BCUT2D eigenvalue weighted by atomic mass is 9.78. The number of fused-ring (bicyclic) bond motifs is 14. The number of nitrogens with one attached hydrogen (secondary N) is 1. The molecule has 0 spiro atoms. The molecule has 17 nitrogen and oxygen atoms in total. The molecule has 4 aliphatic rings. The largest absolute Gasteiger partial charge is 0.507 e. The van der Waals surface area contributed by atoms with Crippen molar-refractivity contribution in [2.45, 2.75) is 98.6 Å². The minimum Gasteiger partial charge on any atom is -0.507 e. The number of ketones is 1. The second kappa shape index (κ2) is 21.4. The van der Waals surface area contributed by atoms with Gasteiger partial charge in [0.2, 0.25) is 0 Å². The lowest BCUT2D eigenvalue weighted by Gasteiger charge is -2.38. The molecule has 4 aliphatic heterocycles. The molecule has 68 heavy (non-hydrogen) atoms. The third-order valence-electron chi connectivity index (χ3n) is 13.5. The van der Waals surface area contributed by atoms with E-state index < -0.39 is 88.8 Å². The van der Waals surface area contributed by atoms with Gasteiger partial charge in [-0.25, -0.2) is 0 Å². The van der Waals surface area contributed by atoms with Crippen molar-refractivity contribution < 1.29 is 63.6 Å². The van der Waals surface area contributed by atoms with Crippen LogP contribution in [0.2, 0.25) is 0 Å². The van der Waals surface area contributed by atoms with Gasteiger partial charge in [-0.15, -0.1) is 0 Å². The molecular weight excluding hydrogens is 877 g/mol. The quantitative estimate of drug-likeness (QED) is 0.0661. The summed E-state index contributed by atoms with van der Waals surface area (Å²) in [5.74, 6) is -7.71. The number of allylic oxidation sites excluding steroid dienone is 2. The highest BCUT2D eigenvalue weighted by molar-refractivity contribution is 6.23. The van der Waals surface area contributed by atoms with Crippen LogP contribution in [0.1, 0.15) is 81.9 Å². The van der Waals surface area contributed by atoms with Crippen LogP contribution >= 0.6 is 0 Å². The van der Waals surface area contributed by atoms with Gasteiger partial charge in [0.05, 0.1) is 60.1 Å². The number of nitrogens with zero attached hydrogens (tertiary/aromatic N) is 3. The number of rotatable bonds is 7. The van der Waals surface area contributed by atoms with Gasteiger partial charge in [-0.1, -0.05) is 58.1 Å². The molecule has 0 saturated carbocycles. The Labute approximate surface area is 397 Å². The Kier molecular flexibility index (Phi) is 16.2. The fourth-order valence-corrected chi connectivity index (χ4v) is 9.23. The normalized spacial score (nSPS) is 29.5. The van der Waals surface area contributed by atoms with E-state index in [9.17, 15) is 39.9 Å². The number of Topliss-reactive ketones (excluding diaryl/α,β-unsaturated/α-hetero) is 1. The van der Waals surface area contributed by atoms with E-state index in [1.807, 2.05) is 29.3 Å². The Balaban J connectivity index is 1.45. The highest BCUT2D eigenvalue weighted by Gasteiger charge is 2.50. The van der Waals surface area contributed by atoms with E-state index >= 15 is 0 Å². The van der Waals surface area contributed by atoms with Crippen LogP contribution in [-0.2, 0) is 30.3 Å². The number of phenolic OH excluding ortho intramolecular Hbond substituents is 3. The molecule has 17 heteroatoms. The predicted octanol–water partition coefficient (Wildman–Crippen LogP) is 6.30. The summed E-state index contributed by atoms with van der Waals surface area (Å²) >= 11 is 0. The van der Waals surface area contributed by atoms with Crippen molar-refractivity contribution in [3.63, 3.8) is 0 Å². The predicted molar refractivity (Wildman–Crippen MR) is 256 cm³/mol. The second-order valence-corrected chi connectivity index (χ2v) is 18.3. The molecule has 0 radical (unpaired) electrons. The van der Waals surface area contributed by atoms with E-state index in [1.165, 1.54) is 59.4 Å². The number of aromatic hydroxyl groups is 3. The topological polar surface area (TPSA) is 229 Å². The number of anilines is 1. The fourth-order valence-electron chi connectivity index (χ4n) is 9.23. The van der Waals surface area contributed by atoms with Gasteiger partial charge in [0, 0.05) is 93.9 Å². The van der Waals surface area contributed by atoms with Crippen LogP contribution in [0.25, 0.3) is 10.8 Å². The Morgan fingerprint density at radius 3 is 2.28 bits per heavy atom. The summed E-state index contributed by atoms with van der Waals surface area (Å²) in [7, 11) is 3.06. The van der Waals surface area contributed by atoms with E-state index in [-0.39, 0.29) is 44.5 Å². The van der Waals surface area contributed by atoms with Gasteiger partial charge in [-0.05, 0) is 44.0 Å². The SMILES string of the molecule is COc1ccc(CN2CCCN(/N=C\c3c4c(O)c5c(O)c(C)c6c(c5c3O)C(=O)[C@@](C)(O/C=C/[C@H](OC)[C@@H](C)[C@@H](OC(C)=O)[C@H](C)[C@H](O)[C@H](C)[C@@H](O)[C@@H](C)/C=C/C=C(/C)C(=O)N4)O6)CC2)cc1. The van der Waals surface area contributed by atoms with Crippen LogP contribution in [0.3, 0.4) is 0 Å². The first-order valence-electron chi connectivity index (χ1n) is 22.9. The fraction of sp³-hybridized carbons (Fsp3) is 0.490. The number of hydrogen-bond acceptors (Lipinski definition) is 16. The number of amides is 1. The van der Waals surface area contributed by atoms with Gasteiger partial charge < -0.3 is 54.5 Å². The highest BCUT2D eigenvalue weighted by Crippen LogP contribution is 2.55. The van der Waals surface area contributed by atoms with Crippen LogP contribution in [0.5, 0.6) is 28.7 Å². The maximum Gasteiger partial charge on any atom is 0.312 e. The van der Waals surface area contributed by atoms with Gasteiger partial charge in [0.1, 0.15) is 29.1 Å². The average Bonchev–Trinajstić information content (AvgIpc) is 3.41. The number of phenols is 3. The molecule has 7 rings (SSSR count). The Morgan fingerprint density at radius 2 is 1.62 bits per heavy atom. The second-order valence-electron chi connectivity index (χ2n) is 18.3. The first kappa shape index (κ1) is 51.3. The van der Waals surface area contributed by atoms with E-state index in [0.717, 1.165) is 24.3 Å². The molecular formula is C51H66N4O13. The van der Waals surface area contributed by atoms with Crippen molar-refractivity contribution in [1.82, 2.24) is 9.91 Å². The van der Waals surface area contributed by atoms with Gasteiger partial charge in [-0.3, -0.25) is 24.3 Å². The molecule has 368 valence electrons. The number of benzene rings is 3. The molecule has 1 amide bonds. The van der Waals surface area contributed by atoms with Gasteiger partial charge in [0.15, 0.2) is 5.75 Å². The lowest BCUT2D eigenvalue weighted by Crippen LogP contribution is -2.46. The zero-order chi connectivity index (χ0) is 49.8. The van der Waals surface area contributed by atoms with E-state index in [1.54, 1.807) is 47.0 Å². The lowest BCUT2D eigenvalue weighted by molar-refractivity contribution is -0.160. The summed E-state index contributed by atoms with van der Waals surface area (Å²) in [6.07, 6.45) is 5.61. The molecule has 3 aromatic rings. The smallest absolute Gasteiger partial charge is 0.312 e. The Bertz CT molecular complexity index is 2490. The van der Waals surface area contributed by atoms with Crippen molar-refractivity contribution in [2.24, 2.45) is 28.8 Å². The molecule has 5 bridgehead atoms. The highest BCUT2D eigenvalue weighted by atomic mass is 16.7. The van der Waals surface area contributed by atoms with Crippen molar-refractivity contribution in [1.29, 1.82) is 0 Å². The summed E-state index contributed by atoms with van der Waals surface area (Å²) < 4.78 is 29.1. The van der Waals surface area contributed by atoms with Crippen LogP contribution in [-0.4, -0.2) is 130 Å².